The van der Waals surface area contributed by atoms with Crippen LogP contribution in [0.25, 0.3) is 0 Å². The molecule has 3 heterocycles. The smallest absolute Gasteiger partial charge is 0.152 e. The van der Waals surface area contributed by atoms with Crippen molar-refractivity contribution in [1.29, 1.82) is 0 Å². The van der Waals surface area contributed by atoms with Gasteiger partial charge in [0.05, 0.1) is 18.4 Å². The molecule has 0 fully saturated rings. The molecule has 17 heavy (non-hydrogen) atoms. The Labute approximate surface area is 103 Å². The van der Waals surface area contributed by atoms with Crippen LogP contribution >= 0.6 is 11.6 Å². The number of nitrogens with one attached hydrogen (secondary N) is 1. The van der Waals surface area contributed by atoms with E-state index in [-0.39, 0.29) is 0 Å². The highest BCUT2D eigenvalue weighted by Crippen LogP contribution is 2.18. The van der Waals surface area contributed by atoms with Gasteiger partial charge in [0.25, 0.3) is 0 Å². The van der Waals surface area contributed by atoms with Crippen LogP contribution in [-0.4, -0.2) is 15.8 Å². The third-order valence-corrected chi connectivity index (χ3v) is 2.74. The number of pyridine rings is 2. The number of aromatic nitrogens is 2. The summed E-state index contributed by atoms with van der Waals surface area (Å²) in [5, 5.41) is 3.67. The highest BCUT2D eigenvalue weighted by Gasteiger charge is 2.16. The minimum Gasteiger partial charge on any atom is -0.337 e. The number of fused-ring (bicyclic) bond motifs is 1. The number of aliphatic imine (C=N–C) groups is 1. The van der Waals surface area contributed by atoms with E-state index in [0.717, 1.165) is 22.8 Å². The monoisotopic (exact) mass is 244 g/mol. The van der Waals surface area contributed by atoms with Crippen molar-refractivity contribution in [3.63, 3.8) is 0 Å². The highest BCUT2D eigenvalue weighted by atomic mass is 35.5. The first kappa shape index (κ1) is 10.2. The molecule has 0 amide bonds. The van der Waals surface area contributed by atoms with Gasteiger partial charge in [0.1, 0.15) is 10.8 Å². The lowest BCUT2D eigenvalue weighted by Gasteiger charge is -2.05. The van der Waals surface area contributed by atoms with Gasteiger partial charge in [-0.15, -0.1) is 0 Å². The van der Waals surface area contributed by atoms with Crippen LogP contribution in [0, 0.1) is 0 Å². The third kappa shape index (κ3) is 1.99. The lowest BCUT2D eigenvalue weighted by molar-refractivity contribution is 1.09. The molecule has 4 nitrogen and oxygen atoms in total. The van der Waals surface area contributed by atoms with E-state index in [9.17, 15) is 0 Å². The van der Waals surface area contributed by atoms with Gasteiger partial charge in [0.2, 0.25) is 0 Å². The Hall–Kier alpha value is -1.94. The first-order chi connectivity index (χ1) is 8.33. The van der Waals surface area contributed by atoms with Crippen molar-refractivity contribution in [2.45, 2.75) is 6.54 Å². The Morgan fingerprint density at radius 2 is 2.12 bits per heavy atom. The topological polar surface area (TPSA) is 50.2 Å². The van der Waals surface area contributed by atoms with Crippen molar-refractivity contribution in [3.05, 3.63) is 53.1 Å². The zero-order chi connectivity index (χ0) is 11.7. The molecule has 0 unspecified atom stereocenters. The van der Waals surface area contributed by atoms with E-state index >= 15 is 0 Å². The minimum absolute atomic E-state index is 0.474. The van der Waals surface area contributed by atoms with Crippen molar-refractivity contribution < 1.29 is 0 Å². The maximum Gasteiger partial charge on any atom is 0.152 e. The Morgan fingerprint density at radius 3 is 2.94 bits per heavy atom. The Kier molecular flexibility index (Phi) is 2.49. The maximum absolute atomic E-state index is 5.73. The molecule has 0 spiro atoms. The maximum atomic E-state index is 5.73. The van der Waals surface area contributed by atoms with Gasteiger partial charge >= 0.3 is 0 Å². The van der Waals surface area contributed by atoms with Crippen molar-refractivity contribution in [1.82, 2.24) is 9.97 Å². The summed E-state index contributed by atoms with van der Waals surface area (Å²) in [6.07, 6.45) is 3.44. The third-order valence-electron chi connectivity index (χ3n) is 2.51. The fraction of sp³-hybridized carbons (Fsp3) is 0.0833. The molecule has 1 N–H and O–H groups in total. The largest absolute Gasteiger partial charge is 0.337 e. The standard InChI is InChI=1S/C12H9ClN4/c13-10-4-3-9(7-15-10)17-12-11-8(6-16-12)2-1-5-14-11/h1-5,7H,6H2,(H,16,17). The van der Waals surface area contributed by atoms with Gasteiger partial charge in [-0.2, -0.15) is 0 Å². The van der Waals surface area contributed by atoms with Gasteiger partial charge in [-0.1, -0.05) is 17.7 Å². The average molecular weight is 245 g/mol. The van der Waals surface area contributed by atoms with Gasteiger partial charge < -0.3 is 5.32 Å². The van der Waals surface area contributed by atoms with E-state index in [1.54, 1.807) is 18.5 Å². The normalized spacial score (nSPS) is 13.1. The fourth-order valence-corrected chi connectivity index (χ4v) is 1.82. The SMILES string of the molecule is Clc1ccc(NC2=NCc3cccnc32)cn1. The Balaban J connectivity index is 1.86. The fourth-order valence-electron chi connectivity index (χ4n) is 1.70. The Bertz CT molecular complexity index is 577. The van der Waals surface area contributed by atoms with Crippen molar-refractivity contribution in [3.8, 4) is 0 Å². The molecule has 2 aromatic heterocycles. The number of anilines is 1. The van der Waals surface area contributed by atoms with Crippen molar-refractivity contribution in [2.75, 3.05) is 5.32 Å². The van der Waals surface area contributed by atoms with E-state index in [2.05, 4.69) is 20.3 Å². The Morgan fingerprint density at radius 1 is 1.18 bits per heavy atom. The second-order valence-corrected chi connectivity index (χ2v) is 4.06. The lowest BCUT2D eigenvalue weighted by atomic mass is 10.2. The van der Waals surface area contributed by atoms with Crippen LogP contribution in [-0.2, 0) is 6.54 Å². The molecule has 5 heteroatoms. The quantitative estimate of drug-likeness (QED) is 0.785. The number of hydrogen-bond donors (Lipinski definition) is 1. The highest BCUT2D eigenvalue weighted by molar-refractivity contribution is 6.29. The number of rotatable bonds is 1. The molecule has 0 saturated heterocycles. The molecular weight excluding hydrogens is 236 g/mol. The van der Waals surface area contributed by atoms with Crippen LogP contribution in [0.5, 0.6) is 0 Å². The van der Waals surface area contributed by atoms with E-state index in [0.29, 0.717) is 11.7 Å². The summed E-state index contributed by atoms with van der Waals surface area (Å²) in [5.41, 5.74) is 2.89. The average Bonchev–Trinajstić information content (AvgIpc) is 2.76. The zero-order valence-electron chi connectivity index (χ0n) is 8.89. The van der Waals surface area contributed by atoms with E-state index in [1.807, 2.05) is 18.2 Å². The second kappa shape index (κ2) is 4.14. The van der Waals surface area contributed by atoms with E-state index < -0.39 is 0 Å². The second-order valence-electron chi connectivity index (χ2n) is 3.67. The summed E-state index contributed by atoms with van der Waals surface area (Å²) in [7, 11) is 0. The van der Waals surface area contributed by atoms with Crippen molar-refractivity contribution in [2.24, 2.45) is 4.99 Å². The first-order valence-electron chi connectivity index (χ1n) is 5.20. The predicted molar refractivity (Wildman–Crippen MR) is 67.3 cm³/mol. The van der Waals surface area contributed by atoms with Crippen LogP contribution in [0.15, 0.2) is 41.7 Å². The summed E-state index contributed by atoms with van der Waals surface area (Å²) < 4.78 is 0. The van der Waals surface area contributed by atoms with Crippen molar-refractivity contribution >= 4 is 23.1 Å². The molecule has 1 aliphatic heterocycles. The first-order valence-corrected chi connectivity index (χ1v) is 5.58. The van der Waals surface area contributed by atoms with E-state index in [4.69, 9.17) is 11.6 Å². The van der Waals surface area contributed by atoms with Crippen LogP contribution < -0.4 is 5.32 Å². The number of nitrogens with zero attached hydrogens (tertiary/aromatic N) is 3. The summed E-state index contributed by atoms with van der Waals surface area (Å²) >= 11 is 5.73. The molecule has 1 aliphatic rings. The molecule has 0 aromatic carbocycles. The van der Waals surface area contributed by atoms with Crippen LogP contribution in [0.3, 0.4) is 0 Å². The van der Waals surface area contributed by atoms with Gasteiger partial charge in [-0.25, -0.2) is 4.98 Å². The molecule has 0 atom stereocenters. The molecule has 0 saturated carbocycles. The van der Waals surface area contributed by atoms with Crippen LogP contribution in [0.4, 0.5) is 5.69 Å². The summed E-state index contributed by atoms with van der Waals surface area (Å²) in [5.74, 6) is 0.782. The van der Waals surface area contributed by atoms with Gasteiger partial charge in [-0.05, 0) is 18.2 Å². The van der Waals surface area contributed by atoms with Gasteiger partial charge in [0.15, 0.2) is 5.84 Å². The zero-order valence-corrected chi connectivity index (χ0v) is 9.65. The minimum atomic E-state index is 0.474. The molecule has 0 radical (unpaired) electrons. The summed E-state index contributed by atoms with van der Waals surface area (Å²) in [4.78, 5) is 12.7. The molecule has 3 rings (SSSR count). The molecular formula is C12H9ClN4. The lowest BCUT2D eigenvalue weighted by Crippen LogP contribution is -2.13. The summed E-state index contributed by atoms with van der Waals surface area (Å²) in [6, 6.07) is 7.54. The van der Waals surface area contributed by atoms with Gasteiger partial charge in [0, 0.05) is 11.8 Å². The number of halogens is 1. The van der Waals surface area contributed by atoms with Crippen LogP contribution in [0.2, 0.25) is 5.15 Å². The molecule has 0 bridgehead atoms. The van der Waals surface area contributed by atoms with Crippen LogP contribution in [0.1, 0.15) is 11.3 Å². The number of hydrogen-bond acceptors (Lipinski definition) is 4. The van der Waals surface area contributed by atoms with Gasteiger partial charge in [-0.3, -0.25) is 9.98 Å². The van der Waals surface area contributed by atoms with E-state index in [1.165, 1.54) is 0 Å². The molecule has 84 valence electrons. The molecule has 2 aromatic rings. The summed E-state index contributed by atoms with van der Waals surface area (Å²) in [6.45, 7) is 0.673. The number of amidine groups is 1. The molecule has 0 aliphatic carbocycles. The predicted octanol–water partition coefficient (Wildman–Crippen LogP) is 2.50.